The fourth-order valence-corrected chi connectivity index (χ4v) is 1.78. The maximum atomic E-state index is 9.79. The second-order valence-corrected chi connectivity index (χ2v) is 3.77. The van der Waals surface area contributed by atoms with E-state index in [2.05, 4.69) is 0 Å². The summed E-state index contributed by atoms with van der Waals surface area (Å²) in [6.45, 7) is 0. The number of hydrogen-bond acceptors (Lipinski definition) is 2. The Morgan fingerprint density at radius 1 is 1.06 bits per heavy atom. The van der Waals surface area contributed by atoms with Crippen molar-refractivity contribution in [1.82, 2.24) is 0 Å². The quantitative estimate of drug-likeness (QED) is 0.858. The molecular weight excluding hydrogens is 224 g/mol. The Morgan fingerprint density at radius 2 is 1.81 bits per heavy atom. The van der Waals surface area contributed by atoms with Gasteiger partial charge in [0, 0.05) is 16.1 Å². The van der Waals surface area contributed by atoms with E-state index in [1.165, 1.54) is 0 Å². The van der Waals surface area contributed by atoms with E-state index in [1.54, 1.807) is 31.4 Å². The van der Waals surface area contributed by atoms with Crippen LogP contribution in [0.2, 0.25) is 5.02 Å². The normalized spacial score (nSPS) is 10.1. The van der Waals surface area contributed by atoms with Gasteiger partial charge < -0.3 is 9.84 Å². The number of phenolic OH excluding ortho intramolecular Hbond substituents is 1. The second kappa shape index (κ2) is 4.45. The number of halogens is 1. The number of rotatable bonds is 2. The molecule has 0 radical (unpaired) electrons. The van der Waals surface area contributed by atoms with Crippen molar-refractivity contribution in [1.29, 1.82) is 0 Å². The van der Waals surface area contributed by atoms with Crippen molar-refractivity contribution < 1.29 is 9.84 Å². The van der Waals surface area contributed by atoms with Crippen LogP contribution in [0.1, 0.15) is 0 Å². The average Bonchev–Trinajstić information content (AvgIpc) is 2.31. The molecule has 2 aromatic rings. The van der Waals surface area contributed by atoms with Crippen LogP contribution in [0, 0.1) is 0 Å². The van der Waals surface area contributed by atoms with Gasteiger partial charge in [0.25, 0.3) is 0 Å². The first-order chi connectivity index (χ1) is 7.72. The van der Waals surface area contributed by atoms with Gasteiger partial charge >= 0.3 is 0 Å². The Kier molecular flexibility index (Phi) is 3.02. The topological polar surface area (TPSA) is 29.5 Å². The van der Waals surface area contributed by atoms with Crippen molar-refractivity contribution >= 4 is 11.6 Å². The Hall–Kier alpha value is -1.67. The zero-order valence-corrected chi connectivity index (χ0v) is 9.53. The summed E-state index contributed by atoms with van der Waals surface area (Å²) < 4.78 is 5.12. The molecule has 2 aromatic carbocycles. The molecule has 0 spiro atoms. The van der Waals surface area contributed by atoms with E-state index in [0.29, 0.717) is 16.3 Å². The number of methoxy groups -OCH3 is 1. The summed E-state index contributed by atoms with van der Waals surface area (Å²) in [5.74, 6) is 0.876. The maximum Gasteiger partial charge on any atom is 0.123 e. The molecule has 0 aromatic heterocycles. The molecule has 0 heterocycles. The fourth-order valence-electron chi connectivity index (χ4n) is 1.54. The van der Waals surface area contributed by atoms with Crippen molar-refractivity contribution in [3.63, 3.8) is 0 Å². The highest BCUT2D eigenvalue weighted by atomic mass is 35.5. The Morgan fingerprint density at radius 3 is 2.50 bits per heavy atom. The highest BCUT2D eigenvalue weighted by Gasteiger charge is 2.08. The number of phenols is 1. The highest BCUT2D eigenvalue weighted by Crippen LogP contribution is 2.36. The van der Waals surface area contributed by atoms with Gasteiger partial charge in [-0.2, -0.15) is 0 Å². The van der Waals surface area contributed by atoms with E-state index in [0.717, 1.165) is 5.56 Å². The number of benzene rings is 2. The van der Waals surface area contributed by atoms with Crippen LogP contribution >= 0.6 is 11.6 Å². The standard InChI is InChI=1S/C13H11ClO2/c1-16-9-6-7-13(15)11(8-9)10-4-2-3-5-12(10)14/h2-8,15H,1H3. The first kappa shape index (κ1) is 10.8. The van der Waals surface area contributed by atoms with Crippen LogP contribution in [-0.4, -0.2) is 12.2 Å². The molecule has 0 atom stereocenters. The van der Waals surface area contributed by atoms with Crippen LogP contribution in [0.3, 0.4) is 0 Å². The first-order valence-corrected chi connectivity index (χ1v) is 5.22. The lowest BCUT2D eigenvalue weighted by atomic mass is 10.0. The van der Waals surface area contributed by atoms with Crippen molar-refractivity contribution in [2.45, 2.75) is 0 Å². The molecule has 0 unspecified atom stereocenters. The zero-order valence-electron chi connectivity index (χ0n) is 8.77. The molecule has 0 amide bonds. The van der Waals surface area contributed by atoms with Crippen molar-refractivity contribution in [2.24, 2.45) is 0 Å². The summed E-state index contributed by atoms with van der Waals surface area (Å²) in [4.78, 5) is 0. The molecule has 3 heteroatoms. The summed E-state index contributed by atoms with van der Waals surface area (Å²) in [7, 11) is 1.59. The molecule has 0 fully saturated rings. The predicted molar refractivity (Wildman–Crippen MR) is 65.1 cm³/mol. The molecule has 0 aliphatic carbocycles. The molecule has 2 nitrogen and oxygen atoms in total. The summed E-state index contributed by atoms with van der Waals surface area (Å²) in [6, 6.07) is 12.4. The van der Waals surface area contributed by atoms with Gasteiger partial charge in [0.15, 0.2) is 0 Å². The minimum absolute atomic E-state index is 0.189. The molecule has 0 saturated heterocycles. The smallest absolute Gasteiger partial charge is 0.123 e. The third-order valence-electron chi connectivity index (χ3n) is 2.37. The summed E-state index contributed by atoms with van der Waals surface area (Å²) in [5.41, 5.74) is 1.46. The van der Waals surface area contributed by atoms with E-state index >= 15 is 0 Å². The van der Waals surface area contributed by atoms with Crippen molar-refractivity contribution in [2.75, 3.05) is 7.11 Å². The maximum absolute atomic E-state index is 9.79. The van der Waals surface area contributed by atoms with E-state index in [9.17, 15) is 5.11 Å². The molecule has 0 aliphatic heterocycles. The third-order valence-corrected chi connectivity index (χ3v) is 2.70. The van der Waals surface area contributed by atoms with Gasteiger partial charge in [-0.05, 0) is 24.3 Å². The van der Waals surface area contributed by atoms with Gasteiger partial charge in [0.1, 0.15) is 11.5 Å². The van der Waals surface area contributed by atoms with Crippen LogP contribution in [0.5, 0.6) is 11.5 Å². The molecule has 0 bridgehead atoms. The third kappa shape index (κ3) is 1.97. The molecule has 82 valence electrons. The zero-order chi connectivity index (χ0) is 11.5. The number of aromatic hydroxyl groups is 1. The van der Waals surface area contributed by atoms with Gasteiger partial charge in [-0.1, -0.05) is 29.8 Å². The minimum atomic E-state index is 0.189. The van der Waals surface area contributed by atoms with E-state index in [4.69, 9.17) is 16.3 Å². The lowest BCUT2D eigenvalue weighted by Gasteiger charge is -2.08. The fraction of sp³-hybridized carbons (Fsp3) is 0.0769. The van der Waals surface area contributed by atoms with Gasteiger partial charge in [-0.15, -0.1) is 0 Å². The minimum Gasteiger partial charge on any atom is -0.507 e. The Balaban J connectivity index is 2.59. The van der Waals surface area contributed by atoms with E-state index in [1.807, 2.05) is 18.2 Å². The lowest BCUT2D eigenvalue weighted by Crippen LogP contribution is -1.85. The van der Waals surface area contributed by atoms with Crippen molar-refractivity contribution in [3.8, 4) is 22.6 Å². The summed E-state index contributed by atoms with van der Waals surface area (Å²) in [5, 5.41) is 10.4. The molecule has 0 saturated carbocycles. The molecule has 16 heavy (non-hydrogen) atoms. The number of hydrogen-bond donors (Lipinski definition) is 1. The SMILES string of the molecule is COc1ccc(O)c(-c2ccccc2Cl)c1. The van der Waals surface area contributed by atoms with E-state index < -0.39 is 0 Å². The van der Waals surface area contributed by atoms with Crippen LogP contribution < -0.4 is 4.74 Å². The summed E-state index contributed by atoms with van der Waals surface area (Å²) in [6.07, 6.45) is 0. The molecular formula is C13H11ClO2. The Labute approximate surface area is 99.1 Å². The predicted octanol–water partition coefficient (Wildman–Crippen LogP) is 3.72. The molecule has 0 aliphatic rings. The van der Waals surface area contributed by atoms with Gasteiger partial charge in [0.2, 0.25) is 0 Å². The van der Waals surface area contributed by atoms with Gasteiger partial charge in [-0.25, -0.2) is 0 Å². The van der Waals surface area contributed by atoms with Crippen molar-refractivity contribution in [3.05, 3.63) is 47.5 Å². The van der Waals surface area contributed by atoms with Crippen LogP contribution in [0.15, 0.2) is 42.5 Å². The van der Waals surface area contributed by atoms with Gasteiger partial charge in [0.05, 0.1) is 7.11 Å². The Bertz CT molecular complexity index is 509. The van der Waals surface area contributed by atoms with E-state index in [-0.39, 0.29) is 5.75 Å². The number of ether oxygens (including phenoxy) is 1. The molecule has 2 rings (SSSR count). The van der Waals surface area contributed by atoms with Gasteiger partial charge in [-0.3, -0.25) is 0 Å². The molecule has 1 N–H and O–H groups in total. The van der Waals surface area contributed by atoms with Crippen LogP contribution in [-0.2, 0) is 0 Å². The largest absolute Gasteiger partial charge is 0.507 e. The summed E-state index contributed by atoms with van der Waals surface area (Å²) >= 11 is 6.07. The van der Waals surface area contributed by atoms with Crippen LogP contribution in [0.4, 0.5) is 0 Å². The lowest BCUT2D eigenvalue weighted by molar-refractivity contribution is 0.412. The van der Waals surface area contributed by atoms with Crippen LogP contribution in [0.25, 0.3) is 11.1 Å². The monoisotopic (exact) mass is 234 g/mol. The average molecular weight is 235 g/mol. The first-order valence-electron chi connectivity index (χ1n) is 4.84. The highest BCUT2D eigenvalue weighted by molar-refractivity contribution is 6.33. The second-order valence-electron chi connectivity index (χ2n) is 3.36.